The van der Waals surface area contributed by atoms with Crippen LogP contribution in [-0.2, 0) is 15.9 Å². The molecule has 6 heteroatoms. The number of benzene rings is 1. The Kier molecular flexibility index (Phi) is 3.82. The molecule has 4 rings (SSSR count). The summed E-state index contributed by atoms with van der Waals surface area (Å²) in [5, 5.41) is 10.7. The van der Waals surface area contributed by atoms with Gasteiger partial charge in [-0.3, -0.25) is 0 Å². The van der Waals surface area contributed by atoms with Crippen molar-refractivity contribution < 1.29 is 9.47 Å². The smallest absolute Gasteiger partial charge is 0.208 e. The highest BCUT2D eigenvalue weighted by atomic mass is 32.1. The highest BCUT2D eigenvalue weighted by Crippen LogP contribution is 2.33. The SMILES string of the molecule is c1ccc(Cc2nnc(N3CCCC4(C3)OCCO4)s2)cc1. The first kappa shape index (κ1) is 14.1. The fourth-order valence-electron chi connectivity index (χ4n) is 3.10. The summed E-state index contributed by atoms with van der Waals surface area (Å²) in [5.41, 5.74) is 1.27. The molecule has 2 aliphatic heterocycles. The summed E-state index contributed by atoms with van der Waals surface area (Å²) in [6.07, 6.45) is 2.87. The van der Waals surface area contributed by atoms with Gasteiger partial charge < -0.3 is 14.4 Å². The molecule has 2 fully saturated rings. The minimum Gasteiger partial charge on any atom is -0.346 e. The van der Waals surface area contributed by atoms with Gasteiger partial charge in [0.05, 0.1) is 19.8 Å². The fourth-order valence-corrected chi connectivity index (χ4v) is 4.00. The van der Waals surface area contributed by atoms with Crippen molar-refractivity contribution in [3.63, 3.8) is 0 Å². The van der Waals surface area contributed by atoms with Crippen LogP contribution in [-0.4, -0.2) is 42.3 Å². The topological polar surface area (TPSA) is 47.5 Å². The lowest BCUT2D eigenvalue weighted by molar-refractivity contribution is -0.161. The molecular weight excluding hydrogens is 298 g/mol. The predicted molar refractivity (Wildman–Crippen MR) is 85.2 cm³/mol. The molecule has 5 nitrogen and oxygen atoms in total. The molecule has 2 aromatic rings. The molecule has 1 aromatic heterocycles. The predicted octanol–water partition coefficient (Wildman–Crippen LogP) is 2.47. The van der Waals surface area contributed by atoms with Crippen molar-refractivity contribution in [2.75, 3.05) is 31.2 Å². The molecule has 2 aliphatic rings. The van der Waals surface area contributed by atoms with Crippen molar-refractivity contribution >= 4 is 16.5 Å². The monoisotopic (exact) mass is 317 g/mol. The van der Waals surface area contributed by atoms with Gasteiger partial charge in [-0.05, 0) is 12.0 Å². The normalized spacial score (nSPS) is 20.6. The van der Waals surface area contributed by atoms with Crippen LogP contribution in [0.1, 0.15) is 23.4 Å². The molecule has 0 aliphatic carbocycles. The zero-order valence-electron chi connectivity index (χ0n) is 12.4. The lowest BCUT2D eigenvalue weighted by Gasteiger charge is -2.38. The Morgan fingerprint density at radius 2 is 1.95 bits per heavy atom. The van der Waals surface area contributed by atoms with Crippen molar-refractivity contribution in [3.05, 3.63) is 40.9 Å². The Labute approximate surface area is 133 Å². The summed E-state index contributed by atoms with van der Waals surface area (Å²) in [6, 6.07) is 10.4. The van der Waals surface area contributed by atoms with E-state index in [-0.39, 0.29) is 0 Å². The van der Waals surface area contributed by atoms with Gasteiger partial charge in [0.1, 0.15) is 5.01 Å². The molecule has 22 heavy (non-hydrogen) atoms. The summed E-state index contributed by atoms with van der Waals surface area (Å²) < 4.78 is 11.7. The Hall–Kier alpha value is -1.50. The van der Waals surface area contributed by atoms with Gasteiger partial charge in [-0.2, -0.15) is 0 Å². The van der Waals surface area contributed by atoms with Gasteiger partial charge >= 0.3 is 0 Å². The molecular formula is C16H19N3O2S. The number of hydrogen-bond acceptors (Lipinski definition) is 6. The minimum absolute atomic E-state index is 0.413. The molecule has 0 bridgehead atoms. The highest BCUT2D eigenvalue weighted by Gasteiger charge is 2.41. The molecule has 0 atom stereocenters. The van der Waals surface area contributed by atoms with Crippen LogP contribution in [0.25, 0.3) is 0 Å². The van der Waals surface area contributed by atoms with E-state index in [0.717, 1.165) is 42.5 Å². The highest BCUT2D eigenvalue weighted by molar-refractivity contribution is 7.15. The molecule has 0 saturated carbocycles. The third-order valence-electron chi connectivity index (χ3n) is 4.16. The Bertz CT molecular complexity index is 625. The van der Waals surface area contributed by atoms with Crippen LogP contribution in [0.4, 0.5) is 5.13 Å². The first-order chi connectivity index (χ1) is 10.8. The summed E-state index contributed by atoms with van der Waals surface area (Å²) >= 11 is 1.67. The van der Waals surface area contributed by atoms with Crippen LogP contribution in [0.2, 0.25) is 0 Å². The maximum atomic E-state index is 5.83. The second-order valence-electron chi connectivity index (χ2n) is 5.77. The molecule has 0 N–H and O–H groups in total. The van der Waals surface area contributed by atoms with Crippen LogP contribution >= 0.6 is 11.3 Å². The van der Waals surface area contributed by atoms with Crippen molar-refractivity contribution in [2.24, 2.45) is 0 Å². The first-order valence-electron chi connectivity index (χ1n) is 7.72. The van der Waals surface area contributed by atoms with E-state index in [9.17, 15) is 0 Å². The van der Waals surface area contributed by atoms with Crippen LogP contribution in [0.15, 0.2) is 30.3 Å². The van der Waals surface area contributed by atoms with E-state index >= 15 is 0 Å². The van der Waals surface area contributed by atoms with Gasteiger partial charge in [0.25, 0.3) is 0 Å². The molecule has 1 spiro atoms. The third-order valence-corrected chi connectivity index (χ3v) is 5.14. The summed E-state index contributed by atoms with van der Waals surface area (Å²) in [6.45, 7) is 3.15. The average molecular weight is 317 g/mol. The number of nitrogens with zero attached hydrogens (tertiary/aromatic N) is 3. The number of aromatic nitrogens is 2. The Morgan fingerprint density at radius 1 is 1.14 bits per heavy atom. The number of ether oxygens (including phenoxy) is 2. The lowest BCUT2D eigenvalue weighted by Crippen LogP contribution is -2.49. The van der Waals surface area contributed by atoms with Crippen molar-refractivity contribution in [1.82, 2.24) is 10.2 Å². The van der Waals surface area contributed by atoms with E-state index in [0.29, 0.717) is 13.2 Å². The standard InChI is InChI=1S/C16H19N3O2S/c1-2-5-13(6-3-1)11-14-17-18-15(22-14)19-8-4-7-16(12-19)20-9-10-21-16/h1-3,5-6H,4,7-12H2. The second-order valence-corrected chi connectivity index (χ2v) is 6.81. The minimum atomic E-state index is -0.413. The average Bonchev–Trinajstić information content (AvgIpc) is 3.19. The van der Waals surface area contributed by atoms with Gasteiger partial charge in [-0.15, -0.1) is 10.2 Å². The number of rotatable bonds is 3. The summed E-state index contributed by atoms with van der Waals surface area (Å²) in [7, 11) is 0. The van der Waals surface area contributed by atoms with E-state index in [4.69, 9.17) is 9.47 Å². The van der Waals surface area contributed by atoms with Crippen LogP contribution < -0.4 is 4.90 Å². The molecule has 0 unspecified atom stereocenters. The number of hydrogen-bond donors (Lipinski definition) is 0. The van der Waals surface area contributed by atoms with Gasteiger partial charge in [0.2, 0.25) is 5.13 Å². The number of anilines is 1. The summed E-state index contributed by atoms with van der Waals surface area (Å²) in [4.78, 5) is 2.25. The van der Waals surface area contributed by atoms with Gasteiger partial charge in [-0.1, -0.05) is 41.7 Å². The second kappa shape index (κ2) is 5.95. The third kappa shape index (κ3) is 2.86. The first-order valence-corrected chi connectivity index (χ1v) is 8.54. The molecule has 2 saturated heterocycles. The molecule has 0 amide bonds. The van der Waals surface area contributed by atoms with Crippen molar-refractivity contribution in [2.45, 2.75) is 25.0 Å². The molecule has 1 aromatic carbocycles. The maximum absolute atomic E-state index is 5.83. The van der Waals surface area contributed by atoms with Crippen molar-refractivity contribution in [1.29, 1.82) is 0 Å². The molecule has 0 radical (unpaired) electrons. The van der Waals surface area contributed by atoms with Crippen LogP contribution in [0, 0.1) is 0 Å². The van der Waals surface area contributed by atoms with E-state index in [1.807, 2.05) is 6.07 Å². The van der Waals surface area contributed by atoms with Crippen LogP contribution in [0.3, 0.4) is 0 Å². The van der Waals surface area contributed by atoms with Crippen LogP contribution in [0.5, 0.6) is 0 Å². The molecule has 3 heterocycles. The summed E-state index contributed by atoms with van der Waals surface area (Å²) in [5.74, 6) is -0.413. The molecule has 116 valence electrons. The number of piperidine rings is 1. The largest absolute Gasteiger partial charge is 0.346 e. The van der Waals surface area contributed by atoms with Gasteiger partial charge in [-0.25, -0.2) is 0 Å². The quantitative estimate of drug-likeness (QED) is 0.870. The van der Waals surface area contributed by atoms with Gasteiger partial charge in [0, 0.05) is 19.4 Å². The lowest BCUT2D eigenvalue weighted by atomic mass is 10.1. The maximum Gasteiger partial charge on any atom is 0.208 e. The zero-order valence-corrected chi connectivity index (χ0v) is 13.2. The van der Waals surface area contributed by atoms with E-state index in [2.05, 4.69) is 39.4 Å². The van der Waals surface area contributed by atoms with Gasteiger partial charge in [0.15, 0.2) is 5.79 Å². The van der Waals surface area contributed by atoms with Crippen molar-refractivity contribution in [3.8, 4) is 0 Å². The van der Waals surface area contributed by atoms with E-state index in [1.165, 1.54) is 5.56 Å². The fraction of sp³-hybridized carbons (Fsp3) is 0.500. The van der Waals surface area contributed by atoms with E-state index < -0.39 is 5.79 Å². The zero-order chi connectivity index (χ0) is 14.8. The van der Waals surface area contributed by atoms with E-state index in [1.54, 1.807) is 11.3 Å². The Balaban J connectivity index is 1.47. The Morgan fingerprint density at radius 3 is 2.77 bits per heavy atom.